The van der Waals surface area contributed by atoms with Gasteiger partial charge < -0.3 is 19.3 Å². The van der Waals surface area contributed by atoms with Gasteiger partial charge in [0.15, 0.2) is 5.75 Å². The zero-order valence-corrected chi connectivity index (χ0v) is 13.8. The fourth-order valence-corrected chi connectivity index (χ4v) is 2.94. The summed E-state index contributed by atoms with van der Waals surface area (Å²) in [6, 6.07) is 1.62. The molecule has 1 aliphatic rings. The van der Waals surface area contributed by atoms with Gasteiger partial charge in [0.05, 0.1) is 30.5 Å². The molecule has 1 aliphatic heterocycles. The number of aromatic nitrogens is 3. The molecule has 7 nitrogen and oxygen atoms in total. The molecule has 0 aromatic carbocycles. The molecule has 2 aromatic heterocycles. The number of hydrogen-bond donors (Lipinski definition) is 1. The number of hydrogen-bond acceptors (Lipinski definition) is 4. The van der Waals surface area contributed by atoms with Crippen molar-refractivity contribution in [3.05, 3.63) is 35.4 Å². The zero-order chi connectivity index (χ0) is 16.6. The maximum atomic E-state index is 12.5. The molecule has 3 heterocycles. The lowest BCUT2D eigenvalue weighted by Crippen LogP contribution is -2.32. The van der Waals surface area contributed by atoms with Gasteiger partial charge in [0, 0.05) is 19.8 Å². The number of rotatable bonds is 4. The van der Waals surface area contributed by atoms with E-state index < -0.39 is 12.2 Å². The molecule has 1 N–H and O–H groups in total. The SMILES string of the molecule is CCn1cc(O[C@@H]2CN(C(=O)c3cc(Cl)cn3C)C[C@H]2O)cn1. The van der Waals surface area contributed by atoms with Crippen LogP contribution in [0.15, 0.2) is 24.7 Å². The molecule has 8 heteroatoms. The van der Waals surface area contributed by atoms with E-state index in [2.05, 4.69) is 5.10 Å². The van der Waals surface area contributed by atoms with Crippen LogP contribution in [-0.2, 0) is 13.6 Å². The Morgan fingerprint density at radius 2 is 2.26 bits per heavy atom. The summed E-state index contributed by atoms with van der Waals surface area (Å²) in [6.07, 6.45) is 3.85. The molecule has 23 heavy (non-hydrogen) atoms. The molecular weight excluding hydrogens is 320 g/mol. The van der Waals surface area contributed by atoms with E-state index in [0.29, 0.717) is 23.0 Å². The number of carbonyl (C=O) groups excluding carboxylic acids is 1. The van der Waals surface area contributed by atoms with Crippen LogP contribution in [0.3, 0.4) is 0 Å². The van der Waals surface area contributed by atoms with E-state index in [-0.39, 0.29) is 12.5 Å². The van der Waals surface area contributed by atoms with Gasteiger partial charge in [-0.1, -0.05) is 11.6 Å². The third-order valence-corrected chi connectivity index (χ3v) is 4.14. The molecule has 0 saturated carbocycles. The fraction of sp³-hybridized carbons (Fsp3) is 0.467. The normalized spacial score (nSPS) is 21.0. The predicted molar refractivity (Wildman–Crippen MR) is 84.7 cm³/mol. The van der Waals surface area contributed by atoms with Crippen LogP contribution in [0.4, 0.5) is 0 Å². The van der Waals surface area contributed by atoms with Crippen LogP contribution in [0.2, 0.25) is 5.02 Å². The number of nitrogens with zero attached hydrogens (tertiary/aromatic N) is 4. The summed E-state index contributed by atoms with van der Waals surface area (Å²) in [7, 11) is 1.76. The van der Waals surface area contributed by atoms with Gasteiger partial charge in [0.25, 0.3) is 5.91 Å². The lowest BCUT2D eigenvalue weighted by molar-refractivity contribution is 0.0727. The van der Waals surface area contributed by atoms with E-state index in [1.54, 1.807) is 45.9 Å². The van der Waals surface area contributed by atoms with Gasteiger partial charge in [-0.05, 0) is 13.0 Å². The summed E-state index contributed by atoms with van der Waals surface area (Å²) in [4.78, 5) is 14.1. The van der Waals surface area contributed by atoms with Gasteiger partial charge in [0.1, 0.15) is 17.9 Å². The Labute approximate surface area is 139 Å². The van der Waals surface area contributed by atoms with Crippen molar-refractivity contribution in [2.24, 2.45) is 7.05 Å². The molecule has 2 atom stereocenters. The van der Waals surface area contributed by atoms with Crippen molar-refractivity contribution < 1.29 is 14.6 Å². The Hall–Kier alpha value is -1.99. The molecule has 1 fully saturated rings. The number of halogens is 1. The van der Waals surface area contributed by atoms with Gasteiger partial charge in [0.2, 0.25) is 0 Å². The summed E-state index contributed by atoms with van der Waals surface area (Å²) >= 11 is 5.92. The van der Waals surface area contributed by atoms with Crippen molar-refractivity contribution in [2.75, 3.05) is 13.1 Å². The number of aryl methyl sites for hydroxylation is 2. The molecule has 1 saturated heterocycles. The summed E-state index contributed by atoms with van der Waals surface area (Å²) in [5, 5.41) is 14.8. The topological polar surface area (TPSA) is 72.5 Å². The van der Waals surface area contributed by atoms with Crippen molar-refractivity contribution in [1.29, 1.82) is 0 Å². The Balaban J connectivity index is 1.68. The van der Waals surface area contributed by atoms with Crippen LogP contribution in [0.5, 0.6) is 5.75 Å². The fourth-order valence-electron chi connectivity index (χ4n) is 2.69. The average Bonchev–Trinajstić information content (AvgIpc) is 3.19. The van der Waals surface area contributed by atoms with Crippen LogP contribution in [0, 0.1) is 0 Å². The minimum atomic E-state index is -0.736. The van der Waals surface area contributed by atoms with Gasteiger partial charge in [-0.25, -0.2) is 0 Å². The number of aliphatic hydroxyl groups is 1. The number of amides is 1. The number of likely N-dealkylation sites (tertiary alicyclic amines) is 1. The highest BCUT2D eigenvalue weighted by molar-refractivity contribution is 6.31. The van der Waals surface area contributed by atoms with E-state index in [1.807, 2.05) is 6.92 Å². The van der Waals surface area contributed by atoms with Gasteiger partial charge >= 0.3 is 0 Å². The maximum Gasteiger partial charge on any atom is 0.270 e. The second-order valence-electron chi connectivity index (χ2n) is 5.62. The highest BCUT2D eigenvalue weighted by Crippen LogP contribution is 2.21. The lowest BCUT2D eigenvalue weighted by Gasteiger charge is -2.16. The monoisotopic (exact) mass is 338 g/mol. The van der Waals surface area contributed by atoms with E-state index in [1.165, 1.54) is 0 Å². The van der Waals surface area contributed by atoms with E-state index in [0.717, 1.165) is 6.54 Å². The van der Waals surface area contributed by atoms with Crippen molar-refractivity contribution in [2.45, 2.75) is 25.7 Å². The first-order chi connectivity index (χ1) is 11.0. The molecule has 0 radical (unpaired) electrons. The Kier molecular flexibility index (Phi) is 4.32. The zero-order valence-electron chi connectivity index (χ0n) is 13.0. The highest BCUT2D eigenvalue weighted by Gasteiger charge is 2.36. The number of carbonyl (C=O) groups is 1. The molecule has 0 spiro atoms. The molecule has 0 bridgehead atoms. The molecule has 1 amide bonds. The lowest BCUT2D eigenvalue weighted by atomic mass is 10.3. The van der Waals surface area contributed by atoms with Gasteiger partial charge in [-0.15, -0.1) is 0 Å². The van der Waals surface area contributed by atoms with E-state index >= 15 is 0 Å². The first-order valence-electron chi connectivity index (χ1n) is 7.46. The molecule has 3 rings (SSSR count). The molecule has 124 valence electrons. The Morgan fingerprint density at radius 3 is 2.87 bits per heavy atom. The first kappa shape index (κ1) is 15.9. The van der Waals surface area contributed by atoms with Crippen molar-refractivity contribution >= 4 is 17.5 Å². The van der Waals surface area contributed by atoms with Crippen molar-refractivity contribution in [3.8, 4) is 5.75 Å². The molecule has 0 aliphatic carbocycles. The predicted octanol–water partition coefficient (Wildman–Crippen LogP) is 1.16. The number of ether oxygens (including phenoxy) is 1. The van der Waals surface area contributed by atoms with Crippen LogP contribution in [0.1, 0.15) is 17.4 Å². The van der Waals surface area contributed by atoms with Crippen molar-refractivity contribution in [3.63, 3.8) is 0 Å². The Bertz CT molecular complexity index is 711. The first-order valence-corrected chi connectivity index (χ1v) is 7.84. The summed E-state index contributed by atoms with van der Waals surface area (Å²) in [5.41, 5.74) is 0.488. The van der Waals surface area contributed by atoms with Crippen LogP contribution in [-0.4, -0.2) is 55.6 Å². The minimum Gasteiger partial charge on any atom is -0.482 e. The van der Waals surface area contributed by atoms with Crippen LogP contribution in [0.25, 0.3) is 0 Å². The largest absolute Gasteiger partial charge is 0.482 e. The second-order valence-corrected chi connectivity index (χ2v) is 6.06. The third kappa shape index (κ3) is 3.20. The standard InChI is InChI=1S/C15H19ClN4O3/c1-3-20-7-11(5-17-20)23-14-9-19(8-13(14)21)15(22)12-4-10(16)6-18(12)2/h4-7,13-14,21H,3,8-9H2,1-2H3/t13-,14-/m1/s1. The van der Waals surface area contributed by atoms with Crippen LogP contribution < -0.4 is 4.74 Å². The molecular formula is C15H19ClN4O3. The quantitative estimate of drug-likeness (QED) is 0.908. The minimum absolute atomic E-state index is 0.172. The summed E-state index contributed by atoms with van der Waals surface area (Å²) < 4.78 is 9.18. The van der Waals surface area contributed by atoms with Crippen molar-refractivity contribution in [1.82, 2.24) is 19.2 Å². The maximum absolute atomic E-state index is 12.5. The van der Waals surface area contributed by atoms with E-state index in [4.69, 9.17) is 16.3 Å². The van der Waals surface area contributed by atoms with Gasteiger partial charge in [-0.3, -0.25) is 9.48 Å². The number of β-amino-alcohol motifs (C(OH)–C–C–N with tert-alkyl or cyclic N) is 1. The third-order valence-electron chi connectivity index (χ3n) is 3.94. The molecule has 0 unspecified atom stereocenters. The highest BCUT2D eigenvalue weighted by atomic mass is 35.5. The van der Waals surface area contributed by atoms with E-state index in [9.17, 15) is 9.90 Å². The van der Waals surface area contributed by atoms with Gasteiger partial charge in [-0.2, -0.15) is 5.10 Å². The second kappa shape index (κ2) is 6.25. The molecule has 2 aromatic rings. The summed E-state index contributed by atoms with van der Waals surface area (Å²) in [5.74, 6) is 0.418. The average molecular weight is 339 g/mol. The Morgan fingerprint density at radius 1 is 1.48 bits per heavy atom. The summed E-state index contributed by atoms with van der Waals surface area (Å²) in [6.45, 7) is 3.27. The number of aliphatic hydroxyl groups excluding tert-OH is 1. The smallest absolute Gasteiger partial charge is 0.270 e. The van der Waals surface area contributed by atoms with Crippen LogP contribution >= 0.6 is 11.6 Å².